The minimum absolute atomic E-state index is 0.219. The smallest absolute Gasteiger partial charge is 0.210 e. The first-order valence-corrected chi connectivity index (χ1v) is 9.10. The van der Waals surface area contributed by atoms with Crippen molar-refractivity contribution in [3.05, 3.63) is 66.1 Å². The topological polar surface area (TPSA) is 77.2 Å². The van der Waals surface area contributed by atoms with Crippen LogP contribution in [0.15, 0.2) is 49.2 Å². The van der Waals surface area contributed by atoms with Gasteiger partial charge in [-0.15, -0.1) is 10.2 Å². The maximum absolute atomic E-state index is 14.5. The SMILES string of the molecule is Fc1ccc2c(c1CNc1ncc(-c3cccnc3)c3nncn13)[C@H]1CC1O2. The molecule has 3 aromatic heterocycles. The lowest BCUT2D eigenvalue weighted by Gasteiger charge is -2.13. The van der Waals surface area contributed by atoms with Gasteiger partial charge in [0.15, 0.2) is 5.65 Å². The van der Waals surface area contributed by atoms with Gasteiger partial charge in [-0.2, -0.15) is 0 Å². The molecule has 4 aromatic rings. The summed E-state index contributed by atoms with van der Waals surface area (Å²) in [4.78, 5) is 8.66. The van der Waals surface area contributed by atoms with Gasteiger partial charge in [-0.05, 0) is 24.6 Å². The molecular formula is C20H15FN6O. The molecule has 1 unspecified atom stereocenters. The minimum atomic E-state index is -0.227. The number of pyridine rings is 1. The highest BCUT2D eigenvalue weighted by Crippen LogP contribution is 2.55. The predicted molar refractivity (Wildman–Crippen MR) is 99.5 cm³/mol. The third-order valence-electron chi connectivity index (χ3n) is 5.37. The van der Waals surface area contributed by atoms with E-state index in [4.69, 9.17) is 4.74 Å². The van der Waals surface area contributed by atoms with Crippen molar-refractivity contribution in [1.82, 2.24) is 24.6 Å². The molecule has 0 radical (unpaired) electrons. The molecular weight excluding hydrogens is 359 g/mol. The third-order valence-corrected chi connectivity index (χ3v) is 5.37. The molecule has 7 nitrogen and oxygen atoms in total. The lowest BCUT2D eigenvalue weighted by Crippen LogP contribution is -2.10. The summed E-state index contributed by atoms with van der Waals surface area (Å²) in [6, 6.07) is 6.99. The molecule has 6 rings (SSSR count). The van der Waals surface area contributed by atoms with Crippen molar-refractivity contribution in [3.8, 4) is 16.9 Å². The molecule has 0 amide bonds. The Hall–Kier alpha value is -3.55. The average molecular weight is 374 g/mol. The molecule has 1 aliphatic heterocycles. The Morgan fingerprint density at radius 2 is 2.21 bits per heavy atom. The van der Waals surface area contributed by atoms with Gasteiger partial charge in [-0.1, -0.05) is 6.07 Å². The number of halogens is 1. The Morgan fingerprint density at radius 3 is 3.11 bits per heavy atom. The van der Waals surface area contributed by atoms with E-state index < -0.39 is 0 Å². The number of aromatic nitrogens is 5. The molecule has 0 saturated heterocycles. The molecule has 0 spiro atoms. The second kappa shape index (κ2) is 5.72. The number of hydrogen-bond donors (Lipinski definition) is 1. The number of rotatable bonds is 4. The summed E-state index contributed by atoms with van der Waals surface area (Å²) in [6.07, 6.45) is 7.99. The molecule has 1 aliphatic carbocycles. The van der Waals surface area contributed by atoms with Gasteiger partial charge in [0, 0.05) is 53.3 Å². The van der Waals surface area contributed by atoms with E-state index in [0.717, 1.165) is 28.9 Å². The molecule has 1 aromatic carbocycles. The number of nitrogens with one attached hydrogen (secondary N) is 1. The molecule has 1 fully saturated rings. The maximum Gasteiger partial charge on any atom is 0.210 e. The first-order chi connectivity index (χ1) is 13.8. The van der Waals surface area contributed by atoms with E-state index in [2.05, 4.69) is 25.5 Å². The van der Waals surface area contributed by atoms with Crippen LogP contribution in [-0.2, 0) is 6.54 Å². The van der Waals surface area contributed by atoms with Gasteiger partial charge in [-0.3, -0.25) is 9.38 Å². The minimum Gasteiger partial charge on any atom is -0.489 e. The normalized spacial score (nSPS) is 19.2. The number of ether oxygens (including phenoxy) is 1. The van der Waals surface area contributed by atoms with Crippen LogP contribution in [0.5, 0.6) is 5.75 Å². The van der Waals surface area contributed by atoms with E-state index in [0.29, 0.717) is 29.6 Å². The van der Waals surface area contributed by atoms with E-state index >= 15 is 0 Å². The fraction of sp³-hybridized carbons (Fsp3) is 0.200. The van der Waals surface area contributed by atoms with Crippen molar-refractivity contribution in [2.45, 2.75) is 25.0 Å². The highest BCUT2D eigenvalue weighted by atomic mass is 19.1. The van der Waals surface area contributed by atoms with E-state index in [1.54, 1.807) is 35.4 Å². The third kappa shape index (κ3) is 2.27. The van der Waals surface area contributed by atoms with E-state index in [1.807, 2.05) is 12.1 Å². The zero-order valence-electron chi connectivity index (χ0n) is 14.7. The molecule has 4 heterocycles. The molecule has 2 atom stereocenters. The van der Waals surface area contributed by atoms with Crippen LogP contribution in [0.2, 0.25) is 0 Å². The van der Waals surface area contributed by atoms with Gasteiger partial charge < -0.3 is 10.1 Å². The predicted octanol–water partition coefficient (Wildman–Crippen LogP) is 3.19. The quantitative estimate of drug-likeness (QED) is 0.591. The molecule has 8 heteroatoms. The van der Waals surface area contributed by atoms with Crippen molar-refractivity contribution < 1.29 is 9.13 Å². The van der Waals surface area contributed by atoms with Crippen molar-refractivity contribution in [1.29, 1.82) is 0 Å². The van der Waals surface area contributed by atoms with Crippen molar-refractivity contribution >= 4 is 11.6 Å². The number of fused-ring (bicyclic) bond motifs is 4. The zero-order valence-corrected chi connectivity index (χ0v) is 14.7. The standard InChI is InChI=1S/C20H15FN6O/c21-15-3-4-16-18(12-6-17(12)28-16)14(15)9-24-20-23-8-13(11-2-1-5-22-7-11)19-26-25-10-27(19)20/h1-5,7-8,10,12,17H,6,9H2,(H,23,24)/t12-,17?/m0/s1. The van der Waals surface area contributed by atoms with Crippen LogP contribution in [-0.4, -0.2) is 30.7 Å². The second-order valence-electron chi connectivity index (χ2n) is 7.05. The second-order valence-corrected chi connectivity index (χ2v) is 7.05. The largest absolute Gasteiger partial charge is 0.489 e. The first-order valence-electron chi connectivity index (χ1n) is 9.10. The monoisotopic (exact) mass is 374 g/mol. The number of anilines is 1. The van der Waals surface area contributed by atoms with Gasteiger partial charge in [0.2, 0.25) is 5.95 Å². The van der Waals surface area contributed by atoms with Crippen LogP contribution < -0.4 is 10.1 Å². The van der Waals surface area contributed by atoms with Gasteiger partial charge >= 0.3 is 0 Å². The molecule has 0 bridgehead atoms. The summed E-state index contributed by atoms with van der Waals surface area (Å²) < 4.78 is 22.1. The van der Waals surface area contributed by atoms with Gasteiger partial charge in [0.25, 0.3) is 0 Å². The molecule has 138 valence electrons. The first kappa shape index (κ1) is 15.5. The average Bonchev–Trinajstić information content (AvgIpc) is 3.14. The Bertz CT molecular complexity index is 1210. The van der Waals surface area contributed by atoms with Crippen LogP contribution >= 0.6 is 0 Å². The fourth-order valence-electron chi connectivity index (χ4n) is 3.92. The summed E-state index contributed by atoms with van der Waals surface area (Å²) >= 11 is 0. The molecule has 2 aliphatic rings. The Morgan fingerprint density at radius 1 is 1.25 bits per heavy atom. The summed E-state index contributed by atoms with van der Waals surface area (Å²) in [5, 5.41) is 11.5. The van der Waals surface area contributed by atoms with Gasteiger partial charge in [-0.25, -0.2) is 9.37 Å². The van der Waals surface area contributed by atoms with Crippen molar-refractivity contribution in [3.63, 3.8) is 0 Å². The van der Waals surface area contributed by atoms with Crippen LogP contribution in [0.3, 0.4) is 0 Å². The van der Waals surface area contributed by atoms with Crippen LogP contribution in [0.25, 0.3) is 16.8 Å². The lowest BCUT2D eigenvalue weighted by molar-refractivity contribution is 0.318. The van der Waals surface area contributed by atoms with Crippen LogP contribution in [0.4, 0.5) is 10.3 Å². The van der Waals surface area contributed by atoms with Crippen molar-refractivity contribution in [2.75, 3.05) is 5.32 Å². The Labute approximate surface area is 159 Å². The summed E-state index contributed by atoms with van der Waals surface area (Å²) in [7, 11) is 0. The molecule has 1 N–H and O–H groups in total. The summed E-state index contributed by atoms with van der Waals surface area (Å²) in [5.41, 5.74) is 4.03. The van der Waals surface area contributed by atoms with Gasteiger partial charge in [0.05, 0.1) is 0 Å². The lowest BCUT2D eigenvalue weighted by atomic mass is 10.0. The number of nitrogens with zero attached hydrogens (tertiary/aromatic N) is 5. The summed E-state index contributed by atoms with van der Waals surface area (Å²) in [5.74, 6) is 1.44. The zero-order chi connectivity index (χ0) is 18.7. The Balaban J connectivity index is 1.36. The van der Waals surface area contributed by atoms with Gasteiger partial charge in [0.1, 0.15) is 24.0 Å². The Kier molecular flexibility index (Phi) is 3.17. The molecule has 1 saturated carbocycles. The van der Waals surface area contributed by atoms with Crippen molar-refractivity contribution in [2.24, 2.45) is 0 Å². The van der Waals surface area contributed by atoms with Crippen LogP contribution in [0, 0.1) is 5.82 Å². The number of benzene rings is 1. The van der Waals surface area contributed by atoms with E-state index in [-0.39, 0.29) is 11.9 Å². The summed E-state index contributed by atoms with van der Waals surface area (Å²) in [6.45, 7) is 0.314. The van der Waals surface area contributed by atoms with Crippen LogP contribution in [0.1, 0.15) is 23.5 Å². The molecule has 28 heavy (non-hydrogen) atoms. The van der Waals surface area contributed by atoms with E-state index in [1.165, 1.54) is 6.07 Å². The fourth-order valence-corrected chi connectivity index (χ4v) is 3.92. The maximum atomic E-state index is 14.5. The highest BCUT2D eigenvalue weighted by Gasteiger charge is 2.49. The highest BCUT2D eigenvalue weighted by molar-refractivity contribution is 5.76. The number of hydrogen-bond acceptors (Lipinski definition) is 6. The van der Waals surface area contributed by atoms with E-state index in [9.17, 15) is 4.39 Å².